The molecule has 0 N–H and O–H groups in total. The van der Waals surface area contributed by atoms with Gasteiger partial charge >= 0.3 is 0 Å². The summed E-state index contributed by atoms with van der Waals surface area (Å²) in [7, 11) is 0. The minimum absolute atomic E-state index is 0.0241. The highest BCUT2D eigenvalue weighted by molar-refractivity contribution is 5.04. The Labute approximate surface area is 117 Å². The van der Waals surface area contributed by atoms with Gasteiger partial charge in [-0.05, 0) is 31.6 Å². The number of hydrogen-bond donors (Lipinski definition) is 0. The SMILES string of the molecule is CC(C)CN1C2CCC1CC1(COC(C(C)C)O1)C2. The molecule has 3 nitrogen and oxygen atoms in total. The van der Waals surface area contributed by atoms with Crippen LogP contribution in [0.15, 0.2) is 0 Å². The molecule has 3 heterocycles. The summed E-state index contributed by atoms with van der Waals surface area (Å²) in [6.07, 6.45) is 5.10. The highest BCUT2D eigenvalue weighted by atomic mass is 16.7. The molecule has 2 bridgehead atoms. The second-order valence-corrected chi connectivity index (χ2v) is 7.61. The van der Waals surface area contributed by atoms with Gasteiger partial charge in [0.25, 0.3) is 0 Å². The molecule has 0 aromatic carbocycles. The summed E-state index contributed by atoms with van der Waals surface area (Å²) in [6, 6.07) is 1.46. The summed E-state index contributed by atoms with van der Waals surface area (Å²) in [5.41, 5.74) is 0.0360. The van der Waals surface area contributed by atoms with Gasteiger partial charge in [-0.1, -0.05) is 27.7 Å². The molecule has 1 spiro atoms. The molecule has 0 saturated carbocycles. The summed E-state index contributed by atoms with van der Waals surface area (Å²) in [4.78, 5) is 2.75. The van der Waals surface area contributed by atoms with Crippen molar-refractivity contribution >= 4 is 0 Å². The number of rotatable bonds is 3. The van der Waals surface area contributed by atoms with E-state index in [1.54, 1.807) is 0 Å². The first-order valence-corrected chi connectivity index (χ1v) is 8.04. The van der Waals surface area contributed by atoms with Gasteiger partial charge in [0.2, 0.25) is 0 Å². The fourth-order valence-corrected chi connectivity index (χ4v) is 4.21. The lowest BCUT2D eigenvalue weighted by Gasteiger charge is -2.44. The third-order valence-electron chi connectivity index (χ3n) is 4.98. The molecule has 3 aliphatic rings. The lowest BCUT2D eigenvalue weighted by atomic mass is 9.86. The molecule has 19 heavy (non-hydrogen) atoms. The average molecular weight is 267 g/mol. The van der Waals surface area contributed by atoms with Crippen LogP contribution in [0.5, 0.6) is 0 Å². The van der Waals surface area contributed by atoms with Gasteiger partial charge in [0.05, 0.1) is 12.2 Å². The molecule has 3 saturated heterocycles. The minimum Gasteiger partial charge on any atom is -0.349 e. The molecule has 0 aliphatic carbocycles. The highest BCUT2D eigenvalue weighted by Gasteiger charge is 2.53. The van der Waals surface area contributed by atoms with E-state index in [4.69, 9.17) is 9.47 Å². The van der Waals surface area contributed by atoms with E-state index in [0.717, 1.165) is 24.6 Å². The van der Waals surface area contributed by atoms with Crippen molar-refractivity contribution in [2.75, 3.05) is 13.2 Å². The Kier molecular flexibility index (Phi) is 3.65. The second-order valence-electron chi connectivity index (χ2n) is 7.61. The molecule has 0 amide bonds. The molecular weight excluding hydrogens is 238 g/mol. The largest absolute Gasteiger partial charge is 0.349 e. The van der Waals surface area contributed by atoms with Crippen LogP contribution in [0.2, 0.25) is 0 Å². The maximum absolute atomic E-state index is 6.34. The van der Waals surface area contributed by atoms with E-state index in [0.29, 0.717) is 5.92 Å². The maximum Gasteiger partial charge on any atom is 0.160 e. The Morgan fingerprint density at radius 2 is 1.74 bits per heavy atom. The lowest BCUT2D eigenvalue weighted by Crippen LogP contribution is -2.53. The molecule has 3 unspecified atom stereocenters. The van der Waals surface area contributed by atoms with Crippen LogP contribution in [0.25, 0.3) is 0 Å². The molecule has 3 aliphatic heterocycles. The van der Waals surface area contributed by atoms with Crippen molar-refractivity contribution in [3.05, 3.63) is 0 Å². The maximum atomic E-state index is 6.34. The summed E-state index contributed by atoms with van der Waals surface area (Å²) in [5, 5.41) is 0. The third kappa shape index (κ3) is 2.57. The fraction of sp³-hybridized carbons (Fsp3) is 1.00. The van der Waals surface area contributed by atoms with Crippen molar-refractivity contribution in [2.45, 2.75) is 77.4 Å². The normalized spacial score (nSPS) is 42.9. The average Bonchev–Trinajstić information content (AvgIpc) is 2.81. The van der Waals surface area contributed by atoms with Crippen molar-refractivity contribution in [2.24, 2.45) is 11.8 Å². The number of fused-ring (bicyclic) bond motifs is 2. The van der Waals surface area contributed by atoms with Crippen molar-refractivity contribution in [1.29, 1.82) is 0 Å². The highest BCUT2D eigenvalue weighted by Crippen LogP contribution is 2.46. The number of nitrogens with zero attached hydrogens (tertiary/aromatic N) is 1. The van der Waals surface area contributed by atoms with Crippen LogP contribution in [-0.4, -0.2) is 42.0 Å². The van der Waals surface area contributed by atoms with Gasteiger partial charge in [0, 0.05) is 24.5 Å². The standard InChI is InChI=1S/C16H29NO2/c1-11(2)9-17-13-5-6-14(17)8-16(7-13)10-18-15(19-16)12(3)4/h11-15H,5-10H2,1-4H3. The first kappa shape index (κ1) is 13.8. The number of ether oxygens (including phenoxy) is 2. The molecule has 3 rings (SSSR count). The van der Waals surface area contributed by atoms with Gasteiger partial charge in [-0.25, -0.2) is 0 Å². The Hall–Kier alpha value is -0.120. The summed E-state index contributed by atoms with van der Waals surface area (Å²) in [6.45, 7) is 11.1. The molecule has 110 valence electrons. The van der Waals surface area contributed by atoms with E-state index in [1.807, 2.05) is 0 Å². The predicted octanol–water partition coefficient (Wildman–Crippen LogP) is 3.04. The predicted molar refractivity (Wildman–Crippen MR) is 76.0 cm³/mol. The van der Waals surface area contributed by atoms with Crippen molar-refractivity contribution in [3.63, 3.8) is 0 Å². The van der Waals surface area contributed by atoms with E-state index in [-0.39, 0.29) is 11.9 Å². The monoisotopic (exact) mass is 267 g/mol. The summed E-state index contributed by atoms with van der Waals surface area (Å²) in [5.74, 6) is 1.23. The first-order valence-electron chi connectivity index (χ1n) is 8.04. The first-order chi connectivity index (χ1) is 8.99. The second kappa shape index (κ2) is 5.01. The Morgan fingerprint density at radius 1 is 1.11 bits per heavy atom. The Bertz CT molecular complexity index is 315. The molecular formula is C16H29NO2. The fourth-order valence-electron chi connectivity index (χ4n) is 4.21. The van der Waals surface area contributed by atoms with E-state index in [2.05, 4.69) is 32.6 Å². The van der Waals surface area contributed by atoms with Gasteiger partial charge in [0.1, 0.15) is 0 Å². The lowest BCUT2D eigenvalue weighted by molar-refractivity contribution is -0.136. The van der Waals surface area contributed by atoms with Crippen molar-refractivity contribution in [3.8, 4) is 0 Å². The zero-order valence-corrected chi connectivity index (χ0v) is 12.9. The molecule has 3 atom stereocenters. The van der Waals surface area contributed by atoms with E-state index in [1.165, 1.54) is 32.2 Å². The smallest absolute Gasteiger partial charge is 0.160 e. The number of piperidine rings is 1. The molecule has 0 aromatic heterocycles. The van der Waals surface area contributed by atoms with Crippen molar-refractivity contribution < 1.29 is 9.47 Å². The molecule has 3 heteroatoms. The zero-order chi connectivity index (χ0) is 13.6. The van der Waals surface area contributed by atoms with E-state index >= 15 is 0 Å². The van der Waals surface area contributed by atoms with Crippen molar-refractivity contribution in [1.82, 2.24) is 4.90 Å². The van der Waals surface area contributed by atoms with Crippen LogP contribution in [0.1, 0.15) is 53.4 Å². The summed E-state index contributed by atoms with van der Waals surface area (Å²) < 4.78 is 12.2. The molecule has 0 aromatic rings. The Balaban J connectivity index is 1.67. The van der Waals surface area contributed by atoms with Gasteiger partial charge in [-0.15, -0.1) is 0 Å². The zero-order valence-electron chi connectivity index (χ0n) is 12.9. The van der Waals surface area contributed by atoms with Crippen LogP contribution >= 0.6 is 0 Å². The van der Waals surface area contributed by atoms with Crippen LogP contribution in [-0.2, 0) is 9.47 Å². The minimum atomic E-state index is 0.0241. The third-order valence-corrected chi connectivity index (χ3v) is 4.98. The summed E-state index contributed by atoms with van der Waals surface area (Å²) >= 11 is 0. The van der Waals surface area contributed by atoms with Crippen LogP contribution < -0.4 is 0 Å². The Morgan fingerprint density at radius 3 is 2.21 bits per heavy atom. The van der Waals surface area contributed by atoms with Crippen LogP contribution in [0.3, 0.4) is 0 Å². The van der Waals surface area contributed by atoms with E-state index < -0.39 is 0 Å². The van der Waals surface area contributed by atoms with Gasteiger partial charge in [-0.3, -0.25) is 4.90 Å². The van der Waals surface area contributed by atoms with Gasteiger partial charge in [0.15, 0.2) is 6.29 Å². The van der Waals surface area contributed by atoms with Gasteiger partial charge in [-0.2, -0.15) is 0 Å². The topological polar surface area (TPSA) is 21.7 Å². The molecule has 0 radical (unpaired) electrons. The quantitative estimate of drug-likeness (QED) is 0.784. The van der Waals surface area contributed by atoms with Crippen LogP contribution in [0, 0.1) is 11.8 Å². The molecule has 3 fully saturated rings. The van der Waals surface area contributed by atoms with Gasteiger partial charge < -0.3 is 9.47 Å². The number of hydrogen-bond acceptors (Lipinski definition) is 3. The van der Waals surface area contributed by atoms with E-state index in [9.17, 15) is 0 Å². The van der Waals surface area contributed by atoms with Crippen LogP contribution in [0.4, 0.5) is 0 Å².